The van der Waals surface area contributed by atoms with Crippen LogP contribution < -0.4 is 5.32 Å². The maximum absolute atomic E-state index is 13.4. The number of pyridine rings is 2. The fourth-order valence-corrected chi connectivity index (χ4v) is 4.07. The highest BCUT2D eigenvalue weighted by atomic mass is 16.2. The highest BCUT2D eigenvalue weighted by molar-refractivity contribution is 6.04. The van der Waals surface area contributed by atoms with E-state index >= 15 is 0 Å². The number of anilines is 1. The van der Waals surface area contributed by atoms with E-state index in [-0.39, 0.29) is 12.1 Å². The van der Waals surface area contributed by atoms with E-state index in [1.54, 1.807) is 23.6 Å². The molecule has 2 aliphatic heterocycles. The van der Waals surface area contributed by atoms with Crippen molar-refractivity contribution < 1.29 is 4.79 Å². The molecule has 2 bridgehead atoms. The topological polar surface area (TPSA) is 73.7 Å². The predicted octanol–water partition coefficient (Wildman–Crippen LogP) is 4.44. The van der Waals surface area contributed by atoms with Crippen molar-refractivity contribution in [2.24, 2.45) is 4.99 Å². The van der Waals surface area contributed by atoms with Crippen LogP contribution in [0.2, 0.25) is 0 Å². The summed E-state index contributed by atoms with van der Waals surface area (Å²) >= 11 is 0. The highest BCUT2D eigenvalue weighted by Gasteiger charge is 2.29. The second-order valence-corrected chi connectivity index (χ2v) is 8.00. The van der Waals surface area contributed by atoms with Crippen LogP contribution in [0.4, 0.5) is 10.5 Å². The standard InChI is InChI=1S/C25H24N6O/c1-18-7-8-20(15-27-18)23-6-3-12-30-13-10-21(16-30)31(17-28-23)25(32)29-24-5-2-4-19-14-26-11-9-22(19)24/h2-9,11-12,14-15,17,21H,10,13,16H2,1H3,(H,29,32)/t21-/m0/s1. The molecule has 7 nitrogen and oxygen atoms in total. The van der Waals surface area contributed by atoms with Crippen molar-refractivity contribution in [3.8, 4) is 0 Å². The van der Waals surface area contributed by atoms with E-state index in [0.717, 1.165) is 52.9 Å². The van der Waals surface area contributed by atoms with Crippen molar-refractivity contribution in [3.63, 3.8) is 0 Å². The summed E-state index contributed by atoms with van der Waals surface area (Å²) in [5, 5.41) is 5.02. The first kappa shape index (κ1) is 19.9. The zero-order valence-corrected chi connectivity index (χ0v) is 17.8. The smallest absolute Gasteiger partial charge is 0.327 e. The molecule has 2 aromatic heterocycles. The summed E-state index contributed by atoms with van der Waals surface area (Å²) < 4.78 is 0. The molecular weight excluding hydrogens is 400 g/mol. The lowest BCUT2D eigenvalue weighted by Crippen LogP contribution is -2.43. The molecule has 0 aliphatic carbocycles. The van der Waals surface area contributed by atoms with Crippen molar-refractivity contribution in [1.82, 2.24) is 19.8 Å². The summed E-state index contributed by atoms with van der Waals surface area (Å²) in [6, 6.07) is 11.5. The van der Waals surface area contributed by atoms with E-state index in [4.69, 9.17) is 0 Å². The number of carbonyl (C=O) groups excluding carboxylic acids is 1. The molecule has 0 radical (unpaired) electrons. The third kappa shape index (κ3) is 4.09. The third-order valence-electron chi connectivity index (χ3n) is 5.82. The first-order chi connectivity index (χ1) is 15.7. The van der Waals surface area contributed by atoms with Gasteiger partial charge < -0.3 is 10.2 Å². The number of nitrogens with zero attached hydrogens (tertiary/aromatic N) is 5. The molecule has 160 valence electrons. The largest absolute Gasteiger partial charge is 0.375 e. The van der Waals surface area contributed by atoms with Gasteiger partial charge in [-0.3, -0.25) is 14.9 Å². The summed E-state index contributed by atoms with van der Waals surface area (Å²) in [6.45, 7) is 3.62. The predicted molar refractivity (Wildman–Crippen MR) is 127 cm³/mol. The van der Waals surface area contributed by atoms with Crippen LogP contribution in [0.15, 0.2) is 78.3 Å². The number of urea groups is 1. The van der Waals surface area contributed by atoms with Gasteiger partial charge in [-0.05, 0) is 56.0 Å². The van der Waals surface area contributed by atoms with Crippen LogP contribution in [-0.2, 0) is 0 Å². The molecule has 4 heterocycles. The molecule has 0 saturated carbocycles. The molecule has 0 spiro atoms. The van der Waals surface area contributed by atoms with Crippen molar-refractivity contribution in [3.05, 3.63) is 84.6 Å². The molecule has 0 unspecified atom stereocenters. The van der Waals surface area contributed by atoms with E-state index < -0.39 is 0 Å². The Bertz CT molecular complexity index is 1230. The maximum Gasteiger partial charge on any atom is 0.327 e. The molecule has 1 fully saturated rings. The minimum absolute atomic E-state index is 0.0375. The second-order valence-electron chi connectivity index (χ2n) is 8.00. The summed E-state index contributed by atoms with van der Waals surface area (Å²) in [4.78, 5) is 30.6. The number of fused-ring (bicyclic) bond motifs is 3. The fourth-order valence-electron chi connectivity index (χ4n) is 4.07. The Kier molecular flexibility index (Phi) is 5.37. The molecule has 2 aliphatic rings. The van der Waals surface area contributed by atoms with Gasteiger partial charge in [0.2, 0.25) is 0 Å². The number of rotatable bonds is 2. The van der Waals surface area contributed by atoms with Crippen LogP contribution in [0.1, 0.15) is 17.7 Å². The van der Waals surface area contributed by atoms with Crippen LogP contribution in [-0.4, -0.2) is 51.3 Å². The number of aliphatic imine (C=N–C) groups is 1. The van der Waals surface area contributed by atoms with Gasteiger partial charge in [-0.25, -0.2) is 9.79 Å². The van der Waals surface area contributed by atoms with E-state index in [1.165, 1.54) is 0 Å². The van der Waals surface area contributed by atoms with Crippen LogP contribution in [0.3, 0.4) is 0 Å². The fraction of sp³-hybridized carbons (Fsp3) is 0.200. The first-order valence-electron chi connectivity index (χ1n) is 10.7. The van der Waals surface area contributed by atoms with E-state index in [0.29, 0.717) is 0 Å². The van der Waals surface area contributed by atoms with Crippen LogP contribution in [0.5, 0.6) is 0 Å². The van der Waals surface area contributed by atoms with Crippen molar-refractivity contribution >= 4 is 34.5 Å². The van der Waals surface area contributed by atoms with Gasteiger partial charge in [-0.2, -0.15) is 0 Å². The number of amides is 2. The molecule has 2 amide bonds. The molecule has 1 aromatic carbocycles. The van der Waals surface area contributed by atoms with Crippen LogP contribution >= 0.6 is 0 Å². The first-order valence-corrected chi connectivity index (χ1v) is 10.7. The van der Waals surface area contributed by atoms with E-state index in [1.807, 2.05) is 61.7 Å². The molecule has 1 saturated heterocycles. The number of benzene rings is 1. The molecular formula is C25H24N6O. The molecule has 32 heavy (non-hydrogen) atoms. The average molecular weight is 425 g/mol. The number of nitrogens with one attached hydrogen (secondary N) is 1. The van der Waals surface area contributed by atoms with Gasteiger partial charge in [-0.15, -0.1) is 0 Å². The van der Waals surface area contributed by atoms with Gasteiger partial charge in [-0.1, -0.05) is 12.1 Å². The summed E-state index contributed by atoms with van der Waals surface area (Å²) in [6.07, 6.45) is 13.9. The molecule has 1 N–H and O–H groups in total. The Morgan fingerprint density at radius 3 is 2.97 bits per heavy atom. The quantitative estimate of drug-likeness (QED) is 0.660. The van der Waals surface area contributed by atoms with Crippen LogP contribution in [0.25, 0.3) is 16.5 Å². The molecule has 3 aromatic rings. The Morgan fingerprint density at radius 1 is 1.16 bits per heavy atom. The Labute approximate surface area is 186 Å². The molecule has 1 atom stereocenters. The number of aromatic nitrogens is 2. The lowest BCUT2D eigenvalue weighted by atomic mass is 10.1. The zero-order chi connectivity index (χ0) is 21.9. The van der Waals surface area contributed by atoms with Gasteiger partial charge in [0.1, 0.15) is 0 Å². The summed E-state index contributed by atoms with van der Waals surface area (Å²) in [5.41, 5.74) is 3.37. The summed E-state index contributed by atoms with van der Waals surface area (Å²) in [7, 11) is 0. The average Bonchev–Trinajstić information content (AvgIpc) is 3.26. The number of aryl methyl sites for hydroxylation is 1. The Morgan fingerprint density at radius 2 is 2.09 bits per heavy atom. The van der Waals surface area contributed by atoms with Gasteiger partial charge in [0.15, 0.2) is 0 Å². The Balaban J connectivity index is 1.46. The van der Waals surface area contributed by atoms with E-state index in [9.17, 15) is 4.79 Å². The third-order valence-corrected chi connectivity index (χ3v) is 5.82. The minimum Gasteiger partial charge on any atom is -0.375 e. The minimum atomic E-state index is -0.198. The zero-order valence-electron chi connectivity index (χ0n) is 17.8. The number of carbonyl (C=O) groups is 1. The lowest BCUT2D eigenvalue weighted by Gasteiger charge is -2.26. The summed E-state index contributed by atoms with van der Waals surface area (Å²) in [5.74, 6) is 0. The maximum atomic E-state index is 13.4. The van der Waals surface area contributed by atoms with Gasteiger partial charge in [0.05, 0.1) is 23.8 Å². The number of hydrogen-bond acceptors (Lipinski definition) is 5. The normalized spacial score (nSPS) is 18.0. The SMILES string of the molecule is Cc1ccc(C2=CC=CN3CC[C@@H](C3)N(C(=O)Nc3cccc4cnccc34)C=N2)cn1. The van der Waals surface area contributed by atoms with Gasteiger partial charge in [0.25, 0.3) is 0 Å². The Hall–Kier alpha value is -4.00. The van der Waals surface area contributed by atoms with Gasteiger partial charge in [0, 0.05) is 53.7 Å². The second kappa shape index (κ2) is 8.63. The van der Waals surface area contributed by atoms with E-state index in [2.05, 4.69) is 31.4 Å². The number of hydrogen-bond donors (Lipinski definition) is 1. The van der Waals surface area contributed by atoms with Gasteiger partial charge >= 0.3 is 6.03 Å². The highest BCUT2D eigenvalue weighted by Crippen LogP contribution is 2.24. The van der Waals surface area contributed by atoms with Crippen molar-refractivity contribution in [1.29, 1.82) is 0 Å². The van der Waals surface area contributed by atoms with Crippen molar-refractivity contribution in [2.45, 2.75) is 19.4 Å². The number of allylic oxidation sites excluding steroid dienone is 2. The molecule has 5 rings (SSSR count). The molecule has 7 heteroatoms. The van der Waals surface area contributed by atoms with Crippen molar-refractivity contribution in [2.75, 3.05) is 18.4 Å². The van der Waals surface area contributed by atoms with Crippen LogP contribution in [0, 0.1) is 6.92 Å². The monoisotopic (exact) mass is 424 g/mol. The lowest BCUT2D eigenvalue weighted by molar-refractivity contribution is 0.224.